The van der Waals surface area contributed by atoms with Gasteiger partial charge in [0.2, 0.25) is 10.0 Å². The minimum atomic E-state index is -3.34. The van der Waals surface area contributed by atoms with Crippen LogP contribution in [-0.2, 0) is 10.0 Å². The van der Waals surface area contributed by atoms with Gasteiger partial charge in [0.15, 0.2) is 5.82 Å². The molecule has 0 radical (unpaired) electrons. The van der Waals surface area contributed by atoms with Gasteiger partial charge in [0.1, 0.15) is 6.33 Å². The van der Waals surface area contributed by atoms with Crippen molar-refractivity contribution in [2.45, 2.75) is 19.9 Å². The van der Waals surface area contributed by atoms with Gasteiger partial charge in [-0.25, -0.2) is 18.1 Å². The average Bonchev–Trinajstić information content (AvgIpc) is 3.22. The lowest BCUT2D eigenvalue weighted by Crippen LogP contribution is -2.41. The quantitative estimate of drug-likeness (QED) is 0.812. The van der Waals surface area contributed by atoms with Crippen molar-refractivity contribution >= 4 is 15.9 Å². The first kappa shape index (κ1) is 18.5. The van der Waals surface area contributed by atoms with Crippen molar-refractivity contribution < 1.29 is 13.2 Å². The van der Waals surface area contributed by atoms with Gasteiger partial charge in [-0.2, -0.15) is 5.10 Å². The fourth-order valence-electron chi connectivity index (χ4n) is 3.45. The number of carbonyl (C=O) groups excluding carboxylic acids is 1. The Bertz CT molecular complexity index is 880. The van der Waals surface area contributed by atoms with Gasteiger partial charge in [-0.15, -0.1) is 0 Å². The molecule has 9 heteroatoms. The summed E-state index contributed by atoms with van der Waals surface area (Å²) < 4.78 is 26.0. The summed E-state index contributed by atoms with van der Waals surface area (Å²) in [5.41, 5.74) is 1.20. The predicted molar refractivity (Wildman–Crippen MR) is 97.8 cm³/mol. The van der Waals surface area contributed by atoms with Crippen molar-refractivity contribution in [3.63, 3.8) is 0 Å². The van der Waals surface area contributed by atoms with E-state index in [1.807, 2.05) is 26.0 Å². The Morgan fingerprint density at radius 1 is 1.31 bits per heavy atom. The summed E-state index contributed by atoms with van der Waals surface area (Å²) in [6.45, 7) is 4.93. The fourth-order valence-corrected chi connectivity index (χ4v) is 4.25. The van der Waals surface area contributed by atoms with Crippen molar-refractivity contribution in [1.82, 2.24) is 24.8 Å². The highest BCUT2D eigenvalue weighted by Gasteiger charge is 2.39. The molecule has 26 heavy (non-hydrogen) atoms. The average molecular weight is 377 g/mol. The smallest absolute Gasteiger partial charge is 0.254 e. The standard InChI is InChI=1S/C17H23N5O3S/c1-11(2)14-8-22(9-15(14)21-26(3,24)25)17(23)13-7-5-4-6-12(13)16-18-10-19-20-16/h4-7,10-11,14-15,21H,8-9H2,1-3H3,(H,18,19,20)/t14-,15+/m0/s1. The van der Waals surface area contributed by atoms with E-state index < -0.39 is 10.0 Å². The summed E-state index contributed by atoms with van der Waals surface area (Å²) in [4.78, 5) is 19.0. The molecule has 0 bridgehead atoms. The zero-order valence-corrected chi connectivity index (χ0v) is 15.8. The Hall–Kier alpha value is -2.26. The van der Waals surface area contributed by atoms with Crippen LogP contribution >= 0.6 is 0 Å². The van der Waals surface area contributed by atoms with E-state index in [1.54, 1.807) is 17.0 Å². The fraction of sp³-hybridized carbons (Fsp3) is 0.471. The van der Waals surface area contributed by atoms with Gasteiger partial charge < -0.3 is 4.90 Å². The molecule has 2 N–H and O–H groups in total. The molecular formula is C17H23N5O3S. The number of H-pyrrole nitrogens is 1. The van der Waals surface area contributed by atoms with Gasteiger partial charge in [0, 0.05) is 24.7 Å². The summed E-state index contributed by atoms with van der Waals surface area (Å²) in [7, 11) is -3.34. The Balaban J connectivity index is 1.87. The molecule has 1 saturated heterocycles. The molecule has 1 fully saturated rings. The van der Waals surface area contributed by atoms with Crippen LogP contribution in [0.2, 0.25) is 0 Å². The monoisotopic (exact) mass is 377 g/mol. The van der Waals surface area contributed by atoms with Crippen LogP contribution in [0.25, 0.3) is 11.4 Å². The van der Waals surface area contributed by atoms with E-state index in [2.05, 4.69) is 19.9 Å². The molecular weight excluding hydrogens is 354 g/mol. The van der Waals surface area contributed by atoms with E-state index in [-0.39, 0.29) is 23.8 Å². The molecule has 8 nitrogen and oxygen atoms in total. The molecule has 0 spiro atoms. The molecule has 3 rings (SSSR count). The number of benzene rings is 1. The highest BCUT2D eigenvalue weighted by atomic mass is 32.2. The molecule has 1 aliphatic heterocycles. The third-order valence-corrected chi connectivity index (χ3v) is 5.43. The van der Waals surface area contributed by atoms with Crippen molar-refractivity contribution in [3.05, 3.63) is 36.2 Å². The van der Waals surface area contributed by atoms with Crippen LogP contribution in [-0.4, -0.2) is 59.8 Å². The van der Waals surface area contributed by atoms with Crippen molar-refractivity contribution in [2.75, 3.05) is 19.3 Å². The molecule has 1 aliphatic rings. The van der Waals surface area contributed by atoms with Crippen LogP contribution in [0.1, 0.15) is 24.2 Å². The second-order valence-electron chi connectivity index (χ2n) is 6.99. The normalized spacial score (nSPS) is 20.7. The number of hydrogen-bond acceptors (Lipinski definition) is 5. The lowest BCUT2D eigenvalue weighted by molar-refractivity contribution is 0.0783. The minimum absolute atomic E-state index is 0.0612. The number of likely N-dealkylation sites (tertiary alicyclic amines) is 1. The Morgan fingerprint density at radius 3 is 2.65 bits per heavy atom. The van der Waals surface area contributed by atoms with E-state index in [4.69, 9.17) is 0 Å². The molecule has 1 aromatic carbocycles. The van der Waals surface area contributed by atoms with Gasteiger partial charge in [0.05, 0.1) is 11.8 Å². The summed E-state index contributed by atoms with van der Waals surface area (Å²) in [5.74, 6) is 0.697. The van der Waals surface area contributed by atoms with Gasteiger partial charge in [0.25, 0.3) is 5.91 Å². The number of nitrogens with zero attached hydrogens (tertiary/aromatic N) is 3. The molecule has 140 valence electrons. The van der Waals surface area contributed by atoms with Crippen LogP contribution in [0.15, 0.2) is 30.6 Å². The van der Waals surface area contributed by atoms with Crippen LogP contribution in [0.3, 0.4) is 0 Å². The van der Waals surface area contributed by atoms with E-state index in [0.717, 1.165) is 6.26 Å². The Labute approximate surface area is 153 Å². The number of sulfonamides is 1. The molecule has 2 atom stereocenters. The summed E-state index contributed by atoms with van der Waals surface area (Å²) in [5, 5.41) is 6.63. The third-order valence-electron chi connectivity index (χ3n) is 4.70. The highest BCUT2D eigenvalue weighted by molar-refractivity contribution is 7.88. The zero-order chi connectivity index (χ0) is 18.9. The first-order valence-electron chi connectivity index (χ1n) is 8.47. The zero-order valence-electron chi connectivity index (χ0n) is 15.0. The SMILES string of the molecule is CC(C)[C@@H]1CN(C(=O)c2ccccc2-c2ncn[nH]2)C[C@H]1NS(C)(=O)=O. The predicted octanol–water partition coefficient (Wildman–Crippen LogP) is 1.12. The van der Waals surface area contributed by atoms with Gasteiger partial charge in [-0.3, -0.25) is 9.89 Å². The molecule has 1 amide bonds. The van der Waals surface area contributed by atoms with Crippen molar-refractivity contribution in [3.8, 4) is 11.4 Å². The van der Waals surface area contributed by atoms with Crippen LogP contribution in [0.5, 0.6) is 0 Å². The number of carbonyl (C=O) groups is 1. The summed E-state index contributed by atoms with van der Waals surface area (Å²) in [6.07, 6.45) is 2.54. The summed E-state index contributed by atoms with van der Waals surface area (Å²) in [6, 6.07) is 6.92. The van der Waals surface area contributed by atoms with Crippen LogP contribution < -0.4 is 4.72 Å². The largest absolute Gasteiger partial charge is 0.337 e. The topological polar surface area (TPSA) is 108 Å². The highest BCUT2D eigenvalue weighted by Crippen LogP contribution is 2.28. The molecule has 2 aromatic rings. The van der Waals surface area contributed by atoms with Crippen LogP contribution in [0.4, 0.5) is 0 Å². The summed E-state index contributed by atoms with van der Waals surface area (Å²) >= 11 is 0. The third kappa shape index (κ3) is 3.94. The number of nitrogens with one attached hydrogen (secondary N) is 2. The number of rotatable bonds is 5. The maximum Gasteiger partial charge on any atom is 0.254 e. The number of aromatic amines is 1. The second kappa shape index (κ2) is 7.16. The maximum atomic E-state index is 13.1. The first-order chi connectivity index (χ1) is 12.3. The Kier molecular flexibility index (Phi) is 5.10. The minimum Gasteiger partial charge on any atom is -0.337 e. The van der Waals surface area contributed by atoms with Crippen molar-refractivity contribution in [2.24, 2.45) is 11.8 Å². The van der Waals surface area contributed by atoms with Crippen molar-refractivity contribution in [1.29, 1.82) is 0 Å². The van der Waals surface area contributed by atoms with Gasteiger partial charge in [-0.05, 0) is 17.9 Å². The number of hydrogen-bond donors (Lipinski definition) is 2. The van der Waals surface area contributed by atoms with E-state index in [0.29, 0.717) is 30.0 Å². The Morgan fingerprint density at radius 2 is 2.04 bits per heavy atom. The molecule has 0 saturated carbocycles. The molecule has 0 unspecified atom stereocenters. The van der Waals surface area contributed by atoms with E-state index in [9.17, 15) is 13.2 Å². The van der Waals surface area contributed by atoms with Gasteiger partial charge in [-0.1, -0.05) is 32.0 Å². The maximum absolute atomic E-state index is 13.1. The van der Waals surface area contributed by atoms with Crippen LogP contribution in [0, 0.1) is 11.8 Å². The molecule has 0 aliphatic carbocycles. The molecule has 1 aromatic heterocycles. The molecule has 2 heterocycles. The second-order valence-corrected chi connectivity index (χ2v) is 8.77. The number of aromatic nitrogens is 3. The lowest BCUT2D eigenvalue weighted by atomic mass is 9.92. The lowest BCUT2D eigenvalue weighted by Gasteiger charge is -2.21. The van der Waals surface area contributed by atoms with E-state index in [1.165, 1.54) is 6.33 Å². The first-order valence-corrected chi connectivity index (χ1v) is 10.4. The van der Waals surface area contributed by atoms with E-state index >= 15 is 0 Å². The van der Waals surface area contributed by atoms with Gasteiger partial charge >= 0.3 is 0 Å². The number of amides is 1.